The molecule has 0 saturated carbocycles. The van der Waals surface area contributed by atoms with Crippen LogP contribution in [0.1, 0.15) is 17.3 Å². The second-order valence-electron chi connectivity index (χ2n) is 4.29. The zero-order valence-corrected chi connectivity index (χ0v) is 13.1. The molecule has 1 aromatic carbocycles. The number of carbonyl (C=O) groups is 2. The Hall–Kier alpha value is -1.73. The number of hydrogen-bond donors (Lipinski definition) is 0. The van der Waals surface area contributed by atoms with Gasteiger partial charge in [0.2, 0.25) is 0 Å². The highest BCUT2D eigenvalue weighted by molar-refractivity contribution is 8.00. The molecule has 4 nitrogen and oxygen atoms in total. The first kappa shape index (κ1) is 15.7. The van der Waals surface area contributed by atoms with Gasteiger partial charge in [0.1, 0.15) is 5.82 Å². The molecular formula is C14H13FN2O2S2. The smallest absolute Gasteiger partial charge is 0.258 e. The van der Waals surface area contributed by atoms with E-state index in [0.29, 0.717) is 15.3 Å². The summed E-state index contributed by atoms with van der Waals surface area (Å²) in [6, 6.07) is 4.25. The van der Waals surface area contributed by atoms with Crippen LogP contribution in [0, 0.1) is 5.82 Å². The lowest BCUT2D eigenvalue weighted by Crippen LogP contribution is -2.13. The third-order valence-electron chi connectivity index (χ3n) is 2.67. The summed E-state index contributed by atoms with van der Waals surface area (Å²) in [5.74, 6) is -0.967. The molecule has 0 saturated heterocycles. The number of rotatable bonds is 4. The lowest BCUT2D eigenvalue weighted by molar-refractivity contribution is -0.115. The van der Waals surface area contributed by atoms with Gasteiger partial charge in [0.05, 0.1) is 5.75 Å². The van der Waals surface area contributed by atoms with Crippen LogP contribution >= 0.6 is 23.1 Å². The summed E-state index contributed by atoms with van der Waals surface area (Å²) in [6.45, 7) is 1.38. The van der Waals surface area contributed by atoms with Gasteiger partial charge in [-0.25, -0.2) is 4.39 Å². The van der Waals surface area contributed by atoms with E-state index in [-0.39, 0.29) is 17.4 Å². The van der Waals surface area contributed by atoms with Crippen LogP contribution in [0.25, 0.3) is 0 Å². The van der Waals surface area contributed by atoms with Gasteiger partial charge in [0.15, 0.2) is 10.6 Å². The summed E-state index contributed by atoms with van der Waals surface area (Å²) >= 11 is 2.43. The maximum Gasteiger partial charge on any atom is 0.258 e. The van der Waals surface area contributed by atoms with E-state index in [9.17, 15) is 14.0 Å². The van der Waals surface area contributed by atoms with E-state index in [1.165, 1.54) is 30.4 Å². The summed E-state index contributed by atoms with van der Waals surface area (Å²) in [6.07, 6.45) is 1.81. The van der Waals surface area contributed by atoms with Crippen molar-refractivity contribution in [1.82, 2.24) is 4.57 Å². The van der Waals surface area contributed by atoms with Crippen molar-refractivity contribution in [2.45, 2.75) is 11.8 Å². The Morgan fingerprint density at radius 1 is 1.43 bits per heavy atom. The monoisotopic (exact) mass is 324 g/mol. The highest BCUT2D eigenvalue weighted by atomic mass is 32.2. The Morgan fingerprint density at radius 3 is 2.76 bits per heavy atom. The lowest BCUT2D eigenvalue weighted by atomic mass is 10.1. The Balaban J connectivity index is 2.05. The van der Waals surface area contributed by atoms with Crippen LogP contribution in [0.15, 0.2) is 39.7 Å². The van der Waals surface area contributed by atoms with Crippen molar-refractivity contribution >= 4 is 34.8 Å². The van der Waals surface area contributed by atoms with Gasteiger partial charge in [0.25, 0.3) is 5.91 Å². The van der Waals surface area contributed by atoms with E-state index in [4.69, 9.17) is 0 Å². The number of nitrogens with zero attached hydrogens (tertiary/aromatic N) is 2. The third kappa shape index (κ3) is 4.12. The van der Waals surface area contributed by atoms with Crippen molar-refractivity contribution in [3.05, 3.63) is 46.0 Å². The number of carbonyl (C=O) groups excluding carboxylic acids is 2. The summed E-state index contributed by atoms with van der Waals surface area (Å²) in [5.41, 5.74) is 0.318. The zero-order valence-electron chi connectivity index (χ0n) is 11.5. The molecule has 0 fully saturated rings. The molecule has 0 aliphatic carbocycles. The summed E-state index contributed by atoms with van der Waals surface area (Å²) in [7, 11) is 1.80. The molecule has 0 aliphatic heterocycles. The van der Waals surface area contributed by atoms with Gasteiger partial charge in [-0.05, 0) is 19.1 Å². The molecule has 0 unspecified atom stereocenters. The number of thiazole rings is 1. The second-order valence-corrected chi connectivity index (χ2v) is 6.18. The van der Waals surface area contributed by atoms with E-state index in [1.807, 2.05) is 11.6 Å². The van der Waals surface area contributed by atoms with Gasteiger partial charge in [-0.3, -0.25) is 9.59 Å². The van der Waals surface area contributed by atoms with Crippen LogP contribution in [-0.2, 0) is 11.8 Å². The molecule has 0 aliphatic rings. The van der Waals surface area contributed by atoms with Crippen LogP contribution in [0.2, 0.25) is 0 Å². The summed E-state index contributed by atoms with van der Waals surface area (Å²) in [4.78, 5) is 27.8. The van der Waals surface area contributed by atoms with Crippen LogP contribution in [0.3, 0.4) is 0 Å². The number of ketones is 1. The first-order valence-corrected chi connectivity index (χ1v) is 7.95. The fourth-order valence-corrected chi connectivity index (χ4v) is 3.00. The molecule has 1 aromatic heterocycles. The second kappa shape index (κ2) is 6.82. The van der Waals surface area contributed by atoms with Crippen molar-refractivity contribution < 1.29 is 14.0 Å². The van der Waals surface area contributed by atoms with E-state index >= 15 is 0 Å². The minimum atomic E-state index is -0.498. The normalized spacial score (nSPS) is 11.7. The highest BCUT2D eigenvalue weighted by Crippen LogP contribution is 2.22. The maximum atomic E-state index is 13.8. The molecule has 0 atom stereocenters. The Kier molecular flexibility index (Phi) is 5.08. The first-order chi connectivity index (χ1) is 9.97. The fourth-order valence-electron chi connectivity index (χ4n) is 1.55. The largest absolute Gasteiger partial charge is 0.327 e. The van der Waals surface area contributed by atoms with E-state index < -0.39 is 5.82 Å². The number of Topliss-reactive ketones (excluding diaryl/α,β-unsaturated/α-hetero) is 1. The SMILES string of the molecule is CC(=O)c1ccc(SCC(=O)N=c2sccn2C)c(F)c1. The Labute approximate surface area is 129 Å². The fraction of sp³-hybridized carbons (Fsp3) is 0.214. The zero-order chi connectivity index (χ0) is 15.4. The maximum absolute atomic E-state index is 13.8. The number of thioether (sulfide) groups is 1. The molecule has 1 heterocycles. The number of benzene rings is 1. The minimum absolute atomic E-state index is 0.0498. The molecule has 1 amide bonds. The van der Waals surface area contributed by atoms with Crippen molar-refractivity contribution in [3.63, 3.8) is 0 Å². The molecule has 110 valence electrons. The van der Waals surface area contributed by atoms with Crippen molar-refractivity contribution in [1.29, 1.82) is 0 Å². The Bertz CT molecular complexity index is 749. The summed E-state index contributed by atoms with van der Waals surface area (Å²) < 4.78 is 15.5. The van der Waals surface area contributed by atoms with Gasteiger partial charge in [-0.2, -0.15) is 4.99 Å². The number of aryl methyl sites for hydroxylation is 1. The van der Waals surface area contributed by atoms with Gasteiger partial charge in [-0.15, -0.1) is 23.1 Å². The van der Waals surface area contributed by atoms with Crippen LogP contribution in [-0.4, -0.2) is 22.0 Å². The van der Waals surface area contributed by atoms with Crippen molar-refractivity contribution in [2.75, 3.05) is 5.75 Å². The highest BCUT2D eigenvalue weighted by Gasteiger charge is 2.09. The molecule has 0 N–H and O–H groups in total. The lowest BCUT2D eigenvalue weighted by Gasteiger charge is -2.02. The molecular weight excluding hydrogens is 311 g/mol. The van der Waals surface area contributed by atoms with Gasteiger partial charge >= 0.3 is 0 Å². The van der Waals surface area contributed by atoms with Gasteiger partial charge in [0, 0.05) is 29.1 Å². The molecule has 2 rings (SSSR count). The number of halogens is 1. The van der Waals surface area contributed by atoms with Gasteiger partial charge in [-0.1, -0.05) is 6.07 Å². The molecule has 21 heavy (non-hydrogen) atoms. The molecule has 2 aromatic rings. The summed E-state index contributed by atoms with van der Waals surface area (Å²) in [5, 5.41) is 1.83. The van der Waals surface area contributed by atoms with Crippen molar-refractivity contribution in [2.24, 2.45) is 12.0 Å². The first-order valence-electron chi connectivity index (χ1n) is 6.08. The standard InChI is InChI=1S/C14H13FN2O2S2/c1-9(18)10-3-4-12(11(15)7-10)21-8-13(19)16-14-17(2)5-6-20-14/h3-7H,8H2,1-2H3. The number of hydrogen-bond acceptors (Lipinski definition) is 4. The molecule has 7 heteroatoms. The third-order valence-corrected chi connectivity index (χ3v) is 4.55. The topological polar surface area (TPSA) is 51.4 Å². The minimum Gasteiger partial charge on any atom is -0.327 e. The average Bonchev–Trinajstić information content (AvgIpc) is 2.82. The predicted molar refractivity (Wildman–Crippen MR) is 81.0 cm³/mol. The average molecular weight is 324 g/mol. The molecule has 0 spiro atoms. The Morgan fingerprint density at radius 2 is 2.19 bits per heavy atom. The number of aromatic nitrogens is 1. The number of amides is 1. The molecule has 0 radical (unpaired) electrons. The van der Waals surface area contributed by atoms with E-state index in [1.54, 1.807) is 17.7 Å². The predicted octanol–water partition coefficient (Wildman–Crippen LogP) is 2.65. The van der Waals surface area contributed by atoms with E-state index in [2.05, 4.69) is 4.99 Å². The van der Waals surface area contributed by atoms with Gasteiger partial charge < -0.3 is 4.57 Å². The van der Waals surface area contributed by atoms with Crippen LogP contribution in [0.4, 0.5) is 4.39 Å². The molecule has 0 bridgehead atoms. The van der Waals surface area contributed by atoms with E-state index in [0.717, 1.165) is 11.8 Å². The van der Waals surface area contributed by atoms with Crippen molar-refractivity contribution in [3.8, 4) is 0 Å². The quantitative estimate of drug-likeness (QED) is 0.642. The van der Waals surface area contributed by atoms with Crippen LogP contribution in [0.5, 0.6) is 0 Å². The van der Waals surface area contributed by atoms with Crippen LogP contribution < -0.4 is 4.80 Å².